The molecule has 2 aromatic rings. The Morgan fingerprint density at radius 3 is 2.44 bits per heavy atom. The number of halogens is 1. The van der Waals surface area contributed by atoms with E-state index in [1.54, 1.807) is 25.1 Å². The molecule has 0 aliphatic rings. The molecule has 0 unspecified atom stereocenters. The molecule has 0 radical (unpaired) electrons. The van der Waals surface area contributed by atoms with Crippen LogP contribution in [0.25, 0.3) is 0 Å². The van der Waals surface area contributed by atoms with E-state index in [4.69, 9.17) is 16.3 Å². The standard InChI is InChI=1S/C18H18ClNO4S/c1-4-12-20(25(22,23)15-10-8-14(19)9-11-15)17-7-5-6-16(13(17)2)18(21)24-3/h4-11H,1,12H2,2-3H3. The maximum absolute atomic E-state index is 13.1. The summed E-state index contributed by atoms with van der Waals surface area (Å²) in [6, 6.07) is 10.7. The fourth-order valence-electron chi connectivity index (χ4n) is 2.40. The molecule has 0 saturated heterocycles. The predicted molar refractivity (Wildman–Crippen MR) is 98.7 cm³/mol. The molecule has 25 heavy (non-hydrogen) atoms. The highest BCUT2D eigenvalue weighted by atomic mass is 35.5. The zero-order valence-corrected chi connectivity index (χ0v) is 15.5. The molecule has 0 bridgehead atoms. The van der Waals surface area contributed by atoms with Gasteiger partial charge >= 0.3 is 5.97 Å². The minimum Gasteiger partial charge on any atom is -0.465 e. The van der Waals surface area contributed by atoms with E-state index in [0.717, 1.165) is 0 Å². The molecule has 0 aromatic heterocycles. The van der Waals surface area contributed by atoms with Gasteiger partial charge in [-0.15, -0.1) is 6.58 Å². The molecule has 5 nitrogen and oxygen atoms in total. The Morgan fingerprint density at radius 2 is 1.88 bits per heavy atom. The van der Waals surface area contributed by atoms with Crippen molar-refractivity contribution >= 4 is 33.3 Å². The molecule has 0 amide bonds. The van der Waals surface area contributed by atoms with Crippen LogP contribution in [0.4, 0.5) is 5.69 Å². The summed E-state index contributed by atoms with van der Waals surface area (Å²) in [4.78, 5) is 12.0. The Morgan fingerprint density at radius 1 is 1.24 bits per heavy atom. The molecular weight excluding hydrogens is 362 g/mol. The number of methoxy groups -OCH3 is 1. The van der Waals surface area contributed by atoms with E-state index in [2.05, 4.69) is 6.58 Å². The van der Waals surface area contributed by atoms with Crippen molar-refractivity contribution in [3.8, 4) is 0 Å². The van der Waals surface area contributed by atoms with Crippen LogP contribution in [0.1, 0.15) is 15.9 Å². The largest absolute Gasteiger partial charge is 0.465 e. The van der Waals surface area contributed by atoms with Crippen molar-refractivity contribution in [1.29, 1.82) is 0 Å². The van der Waals surface area contributed by atoms with Gasteiger partial charge in [0.05, 0.1) is 29.8 Å². The second-order valence-corrected chi connectivity index (χ2v) is 7.52. The molecule has 0 heterocycles. The van der Waals surface area contributed by atoms with Crippen LogP contribution in [-0.4, -0.2) is 28.0 Å². The predicted octanol–water partition coefficient (Wildman–Crippen LogP) is 3.82. The van der Waals surface area contributed by atoms with Crippen molar-refractivity contribution < 1.29 is 17.9 Å². The van der Waals surface area contributed by atoms with Gasteiger partial charge in [-0.05, 0) is 48.9 Å². The van der Waals surface area contributed by atoms with Gasteiger partial charge in [0.1, 0.15) is 0 Å². The van der Waals surface area contributed by atoms with E-state index < -0.39 is 16.0 Å². The van der Waals surface area contributed by atoms with E-state index >= 15 is 0 Å². The topological polar surface area (TPSA) is 63.7 Å². The number of sulfonamides is 1. The Labute approximate surface area is 152 Å². The van der Waals surface area contributed by atoms with E-state index in [9.17, 15) is 13.2 Å². The molecule has 0 aliphatic carbocycles. The number of rotatable bonds is 6. The molecule has 0 N–H and O–H groups in total. The van der Waals surface area contributed by atoms with Crippen molar-refractivity contribution in [2.45, 2.75) is 11.8 Å². The van der Waals surface area contributed by atoms with Crippen LogP contribution in [-0.2, 0) is 14.8 Å². The van der Waals surface area contributed by atoms with Crippen LogP contribution in [0.5, 0.6) is 0 Å². The maximum atomic E-state index is 13.1. The SMILES string of the molecule is C=CCN(c1cccc(C(=O)OC)c1C)S(=O)(=O)c1ccc(Cl)cc1. The molecule has 0 atom stereocenters. The van der Waals surface area contributed by atoms with Gasteiger partial charge in [0, 0.05) is 5.02 Å². The molecule has 2 aromatic carbocycles. The highest BCUT2D eigenvalue weighted by Crippen LogP contribution is 2.29. The van der Waals surface area contributed by atoms with Crippen molar-refractivity contribution in [3.05, 3.63) is 71.3 Å². The highest BCUT2D eigenvalue weighted by Gasteiger charge is 2.26. The minimum absolute atomic E-state index is 0.0520. The zero-order valence-electron chi connectivity index (χ0n) is 13.9. The molecule has 132 valence electrons. The van der Waals surface area contributed by atoms with Crippen LogP contribution in [0.15, 0.2) is 60.0 Å². The van der Waals surface area contributed by atoms with Crippen molar-refractivity contribution in [3.63, 3.8) is 0 Å². The third-order valence-electron chi connectivity index (χ3n) is 3.68. The first-order valence-corrected chi connectivity index (χ1v) is 9.22. The van der Waals surface area contributed by atoms with Gasteiger partial charge in [-0.1, -0.05) is 23.7 Å². The lowest BCUT2D eigenvalue weighted by Crippen LogP contribution is -2.32. The lowest BCUT2D eigenvalue weighted by molar-refractivity contribution is 0.0600. The number of esters is 1. The maximum Gasteiger partial charge on any atom is 0.338 e. The van der Waals surface area contributed by atoms with Gasteiger partial charge in [-0.3, -0.25) is 4.31 Å². The highest BCUT2D eigenvalue weighted by molar-refractivity contribution is 7.92. The first kappa shape index (κ1) is 19.0. The second kappa shape index (κ2) is 7.72. The lowest BCUT2D eigenvalue weighted by atomic mass is 10.1. The number of hydrogen-bond donors (Lipinski definition) is 0. The molecular formula is C18H18ClNO4S. The molecule has 0 aliphatic heterocycles. The van der Waals surface area contributed by atoms with E-state index in [-0.39, 0.29) is 11.4 Å². The van der Waals surface area contributed by atoms with Crippen LogP contribution < -0.4 is 4.31 Å². The number of hydrogen-bond acceptors (Lipinski definition) is 4. The molecule has 7 heteroatoms. The third kappa shape index (κ3) is 3.86. The Balaban J connectivity index is 2.60. The summed E-state index contributed by atoms with van der Waals surface area (Å²) in [6.07, 6.45) is 1.48. The van der Waals surface area contributed by atoms with Gasteiger partial charge in [0.2, 0.25) is 0 Å². The summed E-state index contributed by atoms with van der Waals surface area (Å²) in [5.41, 5.74) is 1.20. The van der Waals surface area contributed by atoms with Gasteiger partial charge in [0.15, 0.2) is 0 Å². The summed E-state index contributed by atoms with van der Waals surface area (Å²) in [5, 5.41) is 0.443. The second-order valence-electron chi connectivity index (χ2n) is 5.22. The van der Waals surface area contributed by atoms with Gasteiger partial charge in [-0.2, -0.15) is 0 Å². The van der Waals surface area contributed by atoms with Crippen LogP contribution in [0, 0.1) is 6.92 Å². The Bertz CT molecular complexity index is 892. The molecule has 0 saturated carbocycles. The van der Waals surface area contributed by atoms with Crippen LogP contribution >= 0.6 is 11.6 Å². The monoisotopic (exact) mass is 379 g/mol. The number of anilines is 1. The smallest absolute Gasteiger partial charge is 0.338 e. The summed E-state index contributed by atoms with van der Waals surface area (Å²) >= 11 is 5.84. The van der Waals surface area contributed by atoms with Gasteiger partial charge in [-0.25, -0.2) is 13.2 Å². The van der Waals surface area contributed by atoms with Gasteiger partial charge in [0.25, 0.3) is 10.0 Å². The van der Waals surface area contributed by atoms with Crippen LogP contribution in [0.3, 0.4) is 0 Å². The number of carbonyl (C=O) groups excluding carboxylic acids is 1. The summed E-state index contributed by atoms with van der Waals surface area (Å²) in [6.45, 7) is 5.36. The molecule has 2 rings (SSSR count). The number of nitrogens with zero attached hydrogens (tertiary/aromatic N) is 1. The first-order chi connectivity index (χ1) is 11.8. The van der Waals surface area contributed by atoms with Crippen molar-refractivity contribution in [2.24, 2.45) is 0 Å². The normalized spacial score (nSPS) is 11.0. The third-order valence-corrected chi connectivity index (χ3v) is 5.72. The zero-order chi connectivity index (χ0) is 18.6. The molecule has 0 fully saturated rings. The average Bonchev–Trinajstić information content (AvgIpc) is 2.60. The fraction of sp³-hybridized carbons (Fsp3) is 0.167. The summed E-state index contributed by atoms with van der Waals surface area (Å²) in [7, 11) is -2.58. The fourth-order valence-corrected chi connectivity index (χ4v) is 4.02. The van der Waals surface area contributed by atoms with Crippen LogP contribution in [0.2, 0.25) is 5.02 Å². The van der Waals surface area contributed by atoms with Gasteiger partial charge < -0.3 is 4.74 Å². The first-order valence-electron chi connectivity index (χ1n) is 7.40. The summed E-state index contributed by atoms with van der Waals surface area (Å²) in [5.74, 6) is -0.526. The Hall–Kier alpha value is -2.31. The minimum atomic E-state index is -3.85. The van der Waals surface area contributed by atoms with Crippen molar-refractivity contribution in [1.82, 2.24) is 0 Å². The van der Waals surface area contributed by atoms with E-state index in [1.807, 2.05) is 0 Å². The number of benzene rings is 2. The molecule has 0 spiro atoms. The average molecular weight is 380 g/mol. The number of carbonyl (C=O) groups is 1. The Kier molecular flexibility index (Phi) is 5.87. The quantitative estimate of drug-likeness (QED) is 0.565. The summed E-state index contributed by atoms with van der Waals surface area (Å²) < 4.78 is 32.1. The number of ether oxygens (including phenoxy) is 1. The lowest BCUT2D eigenvalue weighted by Gasteiger charge is -2.25. The van der Waals surface area contributed by atoms with E-state index in [0.29, 0.717) is 21.8 Å². The van der Waals surface area contributed by atoms with E-state index in [1.165, 1.54) is 41.8 Å². The van der Waals surface area contributed by atoms with Crippen molar-refractivity contribution in [2.75, 3.05) is 18.0 Å².